The zero-order valence-corrected chi connectivity index (χ0v) is 8.63. The molecule has 0 aromatic carbocycles. The highest BCUT2D eigenvalue weighted by Gasteiger charge is 2.17. The van der Waals surface area contributed by atoms with Gasteiger partial charge in [-0.15, -0.1) is 0 Å². The van der Waals surface area contributed by atoms with Crippen molar-refractivity contribution < 1.29 is 9.53 Å². The van der Waals surface area contributed by atoms with Crippen molar-refractivity contribution in [2.45, 2.75) is 13.5 Å². The van der Waals surface area contributed by atoms with Crippen LogP contribution >= 0.6 is 11.6 Å². The third-order valence-electron chi connectivity index (χ3n) is 1.86. The number of hydrogen-bond donors (Lipinski definition) is 0. The first-order valence-corrected chi connectivity index (χ1v) is 4.40. The Hall–Kier alpha value is -1.47. The Morgan fingerprint density at radius 3 is 2.86 bits per heavy atom. The average molecular weight is 213 g/mol. The minimum absolute atomic E-state index is 0.274. The van der Waals surface area contributed by atoms with Crippen LogP contribution < -0.4 is 0 Å². The monoisotopic (exact) mass is 212 g/mol. The van der Waals surface area contributed by atoms with Gasteiger partial charge >= 0.3 is 5.97 Å². The molecule has 1 aromatic rings. The van der Waals surface area contributed by atoms with Crippen LogP contribution in [0, 0.1) is 11.3 Å². The number of ether oxygens (including phenoxy) is 1. The third kappa shape index (κ3) is 1.59. The molecule has 0 radical (unpaired) electrons. The van der Waals surface area contributed by atoms with Crippen molar-refractivity contribution in [2.24, 2.45) is 0 Å². The largest absolute Gasteiger partial charge is 0.464 e. The van der Waals surface area contributed by atoms with Gasteiger partial charge in [-0.25, -0.2) is 4.79 Å². The lowest BCUT2D eigenvalue weighted by atomic mass is 10.3. The fourth-order valence-corrected chi connectivity index (χ4v) is 1.49. The summed E-state index contributed by atoms with van der Waals surface area (Å²) >= 11 is 5.86. The molecule has 0 aliphatic rings. The number of nitrogens with zero attached hydrogens (tertiary/aromatic N) is 2. The van der Waals surface area contributed by atoms with Gasteiger partial charge in [0.25, 0.3) is 0 Å². The molecule has 0 saturated heterocycles. The zero-order valence-electron chi connectivity index (χ0n) is 7.87. The lowest BCUT2D eigenvalue weighted by molar-refractivity contribution is 0.0588. The minimum Gasteiger partial charge on any atom is -0.464 e. The van der Waals surface area contributed by atoms with Crippen LogP contribution in [0.2, 0.25) is 5.15 Å². The number of esters is 1. The molecule has 0 bridgehead atoms. The van der Waals surface area contributed by atoms with Crippen LogP contribution in [0.3, 0.4) is 0 Å². The molecule has 0 aliphatic heterocycles. The fraction of sp³-hybridized carbons (Fsp3) is 0.333. The molecule has 0 aliphatic carbocycles. The smallest absolute Gasteiger partial charge is 0.354 e. The highest BCUT2D eigenvalue weighted by Crippen LogP contribution is 2.21. The van der Waals surface area contributed by atoms with Crippen LogP contribution in [0.1, 0.15) is 23.0 Å². The number of halogens is 1. The molecular formula is C9H9ClN2O2. The second-order valence-electron chi connectivity index (χ2n) is 2.58. The Bertz CT molecular complexity index is 404. The van der Waals surface area contributed by atoms with Gasteiger partial charge in [-0.3, -0.25) is 0 Å². The number of nitriles is 1. The number of hydrogen-bond acceptors (Lipinski definition) is 3. The molecule has 0 N–H and O–H groups in total. The van der Waals surface area contributed by atoms with E-state index < -0.39 is 5.97 Å². The highest BCUT2D eigenvalue weighted by molar-refractivity contribution is 6.31. The summed E-state index contributed by atoms with van der Waals surface area (Å²) in [4.78, 5) is 11.3. The van der Waals surface area contributed by atoms with Crippen LogP contribution in [-0.2, 0) is 11.3 Å². The molecule has 0 atom stereocenters. The second kappa shape index (κ2) is 4.16. The van der Waals surface area contributed by atoms with E-state index in [4.69, 9.17) is 16.9 Å². The van der Waals surface area contributed by atoms with Gasteiger partial charge in [-0.1, -0.05) is 11.6 Å². The number of methoxy groups -OCH3 is 1. The lowest BCUT2D eigenvalue weighted by Gasteiger charge is -2.04. The van der Waals surface area contributed by atoms with Crippen LogP contribution in [0.4, 0.5) is 0 Å². The van der Waals surface area contributed by atoms with Crippen LogP contribution in [0.5, 0.6) is 0 Å². The Morgan fingerprint density at radius 1 is 1.79 bits per heavy atom. The highest BCUT2D eigenvalue weighted by atomic mass is 35.5. The molecule has 74 valence electrons. The molecule has 0 saturated carbocycles. The van der Waals surface area contributed by atoms with Gasteiger partial charge in [0.15, 0.2) is 0 Å². The lowest BCUT2D eigenvalue weighted by Crippen LogP contribution is -2.09. The predicted molar refractivity (Wildman–Crippen MR) is 51.2 cm³/mol. The van der Waals surface area contributed by atoms with E-state index in [9.17, 15) is 4.79 Å². The van der Waals surface area contributed by atoms with E-state index in [1.54, 1.807) is 0 Å². The zero-order chi connectivity index (χ0) is 10.7. The number of carbonyl (C=O) groups is 1. The van der Waals surface area contributed by atoms with E-state index in [1.807, 2.05) is 13.0 Å². The summed E-state index contributed by atoms with van der Waals surface area (Å²) < 4.78 is 6.10. The first kappa shape index (κ1) is 10.6. The summed E-state index contributed by atoms with van der Waals surface area (Å²) in [6.45, 7) is 2.35. The minimum atomic E-state index is -0.491. The molecule has 1 heterocycles. The predicted octanol–water partition coefficient (Wildman–Crippen LogP) is 1.82. The van der Waals surface area contributed by atoms with E-state index in [0.717, 1.165) is 0 Å². The van der Waals surface area contributed by atoms with E-state index in [0.29, 0.717) is 12.2 Å². The number of rotatable bonds is 2. The Labute approximate surface area is 86.6 Å². The maximum atomic E-state index is 11.3. The SMILES string of the molecule is CCn1c(C(=O)OC)cc(C#N)c1Cl. The van der Waals surface area contributed by atoms with Gasteiger partial charge in [-0.05, 0) is 13.0 Å². The van der Waals surface area contributed by atoms with E-state index >= 15 is 0 Å². The Morgan fingerprint density at radius 2 is 2.43 bits per heavy atom. The van der Waals surface area contributed by atoms with Crippen LogP contribution in [-0.4, -0.2) is 17.6 Å². The standard InChI is InChI=1S/C9H9ClN2O2/c1-3-12-7(9(13)14-2)4-6(5-11)8(12)10/h4H,3H2,1-2H3. The van der Waals surface area contributed by atoms with E-state index in [-0.39, 0.29) is 10.7 Å². The summed E-state index contributed by atoms with van der Waals surface area (Å²) in [5.74, 6) is -0.491. The fourth-order valence-electron chi connectivity index (χ4n) is 1.19. The number of aromatic nitrogens is 1. The van der Waals surface area contributed by atoms with Crippen molar-refractivity contribution in [2.75, 3.05) is 7.11 Å². The summed E-state index contributed by atoms with van der Waals surface area (Å²) in [7, 11) is 1.29. The van der Waals surface area contributed by atoms with Gasteiger partial charge in [0.2, 0.25) is 0 Å². The second-order valence-corrected chi connectivity index (χ2v) is 2.94. The molecule has 0 spiro atoms. The Balaban J connectivity index is 3.31. The molecule has 0 amide bonds. The van der Waals surface area contributed by atoms with Crippen LogP contribution in [0.25, 0.3) is 0 Å². The van der Waals surface area contributed by atoms with Gasteiger partial charge in [0, 0.05) is 6.54 Å². The van der Waals surface area contributed by atoms with Gasteiger partial charge in [0.05, 0.1) is 12.7 Å². The molecule has 0 fully saturated rings. The molecule has 0 unspecified atom stereocenters. The normalized spacial score (nSPS) is 9.57. The molecular weight excluding hydrogens is 204 g/mol. The number of carbonyl (C=O) groups excluding carboxylic acids is 1. The van der Waals surface area contributed by atoms with Crippen molar-refractivity contribution in [1.82, 2.24) is 4.57 Å². The molecule has 1 aromatic heterocycles. The van der Waals surface area contributed by atoms with E-state index in [2.05, 4.69) is 4.74 Å². The topological polar surface area (TPSA) is 55.0 Å². The maximum absolute atomic E-state index is 11.3. The van der Waals surface area contributed by atoms with Crippen molar-refractivity contribution in [1.29, 1.82) is 5.26 Å². The molecule has 1 rings (SSSR count). The maximum Gasteiger partial charge on any atom is 0.354 e. The quantitative estimate of drug-likeness (QED) is 0.703. The van der Waals surface area contributed by atoms with Crippen molar-refractivity contribution >= 4 is 17.6 Å². The first-order valence-electron chi connectivity index (χ1n) is 4.03. The van der Waals surface area contributed by atoms with Gasteiger partial charge in [0.1, 0.15) is 16.9 Å². The van der Waals surface area contributed by atoms with Crippen molar-refractivity contribution in [3.8, 4) is 6.07 Å². The Kier molecular flexibility index (Phi) is 3.15. The van der Waals surface area contributed by atoms with Gasteiger partial charge < -0.3 is 9.30 Å². The molecule has 14 heavy (non-hydrogen) atoms. The first-order chi connectivity index (χ1) is 6.65. The molecule has 4 nitrogen and oxygen atoms in total. The third-order valence-corrected chi connectivity index (χ3v) is 2.27. The average Bonchev–Trinajstić information content (AvgIpc) is 2.53. The summed E-state index contributed by atoms with van der Waals surface area (Å²) in [6.07, 6.45) is 0. The summed E-state index contributed by atoms with van der Waals surface area (Å²) in [5.41, 5.74) is 0.588. The van der Waals surface area contributed by atoms with Crippen molar-refractivity contribution in [3.05, 3.63) is 22.5 Å². The van der Waals surface area contributed by atoms with Crippen molar-refractivity contribution in [3.63, 3.8) is 0 Å². The van der Waals surface area contributed by atoms with E-state index in [1.165, 1.54) is 17.7 Å². The summed E-state index contributed by atoms with van der Waals surface area (Å²) in [5, 5.41) is 8.98. The van der Waals surface area contributed by atoms with Crippen LogP contribution in [0.15, 0.2) is 6.07 Å². The molecule has 5 heteroatoms. The van der Waals surface area contributed by atoms with Gasteiger partial charge in [-0.2, -0.15) is 5.26 Å². The summed E-state index contributed by atoms with van der Waals surface area (Å²) in [6, 6.07) is 3.34.